The second-order valence-electron chi connectivity index (χ2n) is 5.01. The predicted octanol–water partition coefficient (Wildman–Crippen LogP) is 1.90. The van der Waals surface area contributed by atoms with Gasteiger partial charge in [0.15, 0.2) is 6.61 Å². The number of nitrogens with one attached hydrogen (secondary N) is 2. The molecule has 2 aromatic rings. The van der Waals surface area contributed by atoms with Gasteiger partial charge in [0.2, 0.25) is 5.91 Å². The lowest BCUT2D eigenvalue weighted by atomic mass is 10.1. The number of carbonyl (C=O) groups excluding carboxylic acids is 2. The van der Waals surface area contributed by atoms with Crippen molar-refractivity contribution in [3.8, 4) is 5.75 Å². The van der Waals surface area contributed by atoms with Gasteiger partial charge in [0, 0.05) is 0 Å². The number of carbonyl (C=O) groups is 2. The molecule has 0 aliphatic heterocycles. The first kappa shape index (κ1) is 16.5. The largest absolute Gasteiger partial charge is 0.484 e. The SMILES string of the molecule is Cc1cccc(OCC(=O)NNC(=O)Cc2cccc(F)c2)c1. The lowest BCUT2D eigenvalue weighted by molar-refractivity contribution is -0.129. The summed E-state index contributed by atoms with van der Waals surface area (Å²) in [4.78, 5) is 23.3. The summed E-state index contributed by atoms with van der Waals surface area (Å²) in [6.45, 7) is 1.70. The maximum absolute atomic E-state index is 13.0. The molecule has 120 valence electrons. The van der Waals surface area contributed by atoms with Crippen molar-refractivity contribution in [2.45, 2.75) is 13.3 Å². The second kappa shape index (κ2) is 7.93. The number of ether oxygens (including phenoxy) is 1. The first-order valence-corrected chi connectivity index (χ1v) is 7.04. The van der Waals surface area contributed by atoms with E-state index in [4.69, 9.17) is 4.74 Å². The van der Waals surface area contributed by atoms with Crippen LogP contribution in [0.3, 0.4) is 0 Å². The fourth-order valence-electron chi connectivity index (χ4n) is 1.91. The molecule has 0 spiro atoms. The van der Waals surface area contributed by atoms with Crippen molar-refractivity contribution in [1.82, 2.24) is 10.9 Å². The first-order chi connectivity index (χ1) is 11.0. The molecule has 0 aliphatic carbocycles. The van der Waals surface area contributed by atoms with E-state index in [0.29, 0.717) is 11.3 Å². The van der Waals surface area contributed by atoms with Gasteiger partial charge in [0.25, 0.3) is 5.91 Å². The molecule has 0 aromatic heterocycles. The number of hydrogen-bond donors (Lipinski definition) is 2. The molecule has 0 saturated heterocycles. The van der Waals surface area contributed by atoms with Gasteiger partial charge in [-0.15, -0.1) is 0 Å². The third kappa shape index (κ3) is 5.78. The Labute approximate surface area is 133 Å². The molecule has 0 heterocycles. The van der Waals surface area contributed by atoms with Crippen LogP contribution in [0.1, 0.15) is 11.1 Å². The van der Waals surface area contributed by atoms with Crippen molar-refractivity contribution in [3.63, 3.8) is 0 Å². The molecule has 0 aliphatic rings. The zero-order valence-electron chi connectivity index (χ0n) is 12.6. The van der Waals surface area contributed by atoms with Gasteiger partial charge in [0.05, 0.1) is 6.42 Å². The summed E-state index contributed by atoms with van der Waals surface area (Å²) in [6.07, 6.45) is -0.0310. The molecular weight excluding hydrogens is 299 g/mol. The maximum Gasteiger partial charge on any atom is 0.276 e. The summed E-state index contributed by atoms with van der Waals surface area (Å²) in [5.41, 5.74) is 6.04. The summed E-state index contributed by atoms with van der Waals surface area (Å²) < 4.78 is 18.3. The van der Waals surface area contributed by atoms with E-state index < -0.39 is 17.6 Å². The zero-order chi connectivity index (χ0) is 16.7. The highest BCUT2D eigenvalue weighted by Gasteiger charge is 2.07. The third-order valence-corrected chi connectivity index (χ3v) is 2.95. The second-order valence-corrected chi connectivity index (χ2v) is 5.01. The summed E-state index contributed by atoms with van der Waals surface area (Å²) in [5, 5.41) is 0. The number of halogens is 1. The Bertz CT molecular complexity index is 704. The molecule has 2 aromatic carbocycles. The number of hydrazine groups is 1. The molecule has 0 bridgehead atoms. The Kier molecular flexibility index (Phi) is 5.68. The van der Waals surface area contributed by atoms with Crippen LogP contribution in [0, 0.1) is 12.7 Å². The lowest BCUT2D eigenvalue weighted by Gasteiger charge is -2.09. The van der Waals surface area contributed by atoms with Crippen molar-refractivity contribution in [1.29, 1.82) is 0 Å². The van der Waals surface area contributed by atoms with Gasteiger partial charge in [-0.1, -0.05) is 24.3 Å². The normalized spacial score (nSPS) is 10.0. The topological polar surface area (TPSA) is 67.4 Å². The quantitative estimate of drug-likeness (QED) is 0.828. The molecule has 0 radical (unpaired) electrons. The van der Waals surface area contributed by atoms with Gasteiger partial charge in [-0.3, -0.25) is 20.4 Å². The minimum absolute atomic E-state index is 0.0310. The molecule has 0 unspecified atom stereocenters. The highest BCUT2D eigenvalue weighted by atomic mass is 19.1. The fourth-order valence-corrected chi connectivity index (χ4v) is 1.91. The van der Waals surface area contributed by atoms with Crippen molar-refractivity contribution >= 4 is 11.8 Å². The van der Waals surface area contributed by atoms with Gasteiger partial charge >= 0.3 is 0 Å². The molecule has 2 N–H and O–H groups in total. The van der Waals surface area contributed by atoms with Crippen molar-refractivity contribution in [2.75, 3.05) is 6.61 Å². The average molecular weight is 316 g/mol. The van der Waals surface area contributed by atoms with E-state index in [1.807, 2.05) is 19.1 Å². The summed E-state index contributed by atoms with van der Waals surface area (Å²) in [7, 11) is 0. The van der Waals surface area contributed by atoms with Crippen LogP contribution in [-0.4, -0.2) is 18.4 Å². The van der Waals surface area contributed by atoms with E-state index in [9.17, 15) is 14.0 Å². The van der Waals surface area contributed by atoms with Crippen LogP contribution in [-0.2, 0) is 16.0 Å². The number of benzene rings is 2. The maximum atomic E-state index is 13.0. The molecule has 6 heteroatoms. The Morgan fingerprint density at radius 3 is 2.52 bits per heavy atom. The fraction of sp³-hybridized carbons (Fsp3) is 0.176. The Balaban J connectivity index is 1.72. The van der Waals surface area contributed by atoms with E-state index >= 15 is 0 Å². The van der Waals surface area contributed by atoms with Gasteiger partial charge in [-0.25, -0.2) is 4.39 Å². The van der Waals surface area contributed by atoms with Crippen LogP contribution in [0.5, 0.6) is 5.75 Å². The highest BCUT2D eigenvalue weighted by Crippen LogP contribution is 2.11. The van der Waals surface area contributed by atoms with Gasteiger partial charge in [-0.2, -0.15) is 0 Å². The van der Waals surface area contributed by atoms with Gasteiger partial charge in [0.1, 0.15) is 11.6 Å². The standard InChI is InChI=1S/C17H17FN2O3/c1-12-4-2-7-15(8-12)23-11-17(22)20-19-16(21)10-13-5-3-6-14(18)9-13/h2-9H,10-11H2,1H3,(H,19,21)(H,20,22). The van der Waals surface area contributed by atoms with Crippen molar-refractivity contribution in [3.05, 3.63) is 65.5 Å². The number of amides is 2. The van der Waals surface area contributed by atoms with Gasteiger partial charge < -0.3 is 4.74 Å². The molecular formula is C17H17FN2O3. The molecule has 0 atom stereocenters. The smallest absolute Gasteiger partial charge is 0.276 e. The average Bonchev–Trinajstić information content (AvgIpc) is 2.51. The summed E-state index contributed by atoms with van der Waals surface area (Å²) in [5.74, 6) is -0.768. The number of rotatable bonds is 5. The molecule has 2 rings (SSSR count). The van der Waals surface area contributed by atoms with Crippen LogP contribution in [0.2, 0.25) is 0 Å². The van der Waals surface area contributed by atoms with Crippen LogP contribution in [0.25, 0.3) is 0 Å². The van der Waals surface area contributed by atoms with Crippen LogP contribution in [0.15, 0.2) is 48.5 Å². The van der Waals surface area contributed by atoms with E-state index in [2.05, 4.69) is 10.9 Å². The highest BCUT2D eigenvalue weighted by molar-refractivity contribution is 5.83. The van der Waals surface area contributed by atoms with Crippen LogP contribution < -0.4 is 15.6 Å². The Morgan fingerprint density at radius 1 is 1.04 bits per heavy atom. The van der Waals surface area contributed by atoms with Crippen LogP contribution in [0.4, 0.5) is 4.39 Å². The third-order valence-electron chi connectivity index (χ3n) is 2.95. The van der Waals surface area contributed by atoms with Crippen molar-refractivity contribution < 1.29 is 18.7 Å². The van der Waals surface area contributed by atoms with E-state index in [-0.39, 0.29) is 13.0 Å². The molecule has 23 heavy (non-hydrogen) atoms. The van der Waals surface area contributed by atoms with Crippen LogP contribution >= 0.6 is 0 Å². The summed E-state index contributed by atoms with van der Waals surface area (Å²) >= 11 is 0. The first-order valence-electron chi connectivity index (χ1n) is 7.04. The zero-order valence-corrected chi connectivity index (χ0v) is 12.6. The Morgan fingerprint density at radius 2 is 1.78 bits per heavy atom. The van der Waals surface area contributed by atoms with E-state index in [0.717, 1.165) is 5.56 Å². The van der Waals surface area contributed by atoms with Crippen molar-refractivity contribution in [2.24, 2.45) is 0 Å². The molecule has 2 amide bonds. The number of aryl methyl sites for hydroxylation is 1. The predicted molar refractivity (Wildman–Crippen MR) is 83.1 cm³/mol. The molecule has 0 saturated carbocycles. The molecule has 0 fully saturated rings. The van der Waals surface area contributed by atoms with E-state index in [1.165, 1.54) is 18.2 Å². The lowest BCUT2D eigenvalue weighted by Crippen LogP contribution is -2.44. The van der Waals surface area contributed by atoms with Gasteiger partial charge in [-0.05, 0) is 42.3 Å². The monoisotopic (exact) mass is 316 g/mol. The number of hydrogen-bond acceptors (Lipinski definition) is 3. The Hall–Kier alpha value is -2.89. The minimum Gasteiger partial charge on any atom is -0.484 e. The van der Waals surface area contributed by atoms with E-state index in [1.54, 1.807) is 18.2 Å². The summed E-state index contributed by atoms with van der Waals surface area (Å²) in [6, 6.07) is 13.0. The minimum atomic E-state index is -0.487. The molecule has 5 nitrogen and oxygen atoms in total.